The van der Waals surface area contributed by atoms with Crippen LogP contribution in [0.4, 0.5) is 0 Å². The number of hydrogen-bond acceptors (Lipinski definition) is 2. The Morgan fingerprint density at radius 1 is 1.58 bits per heavy atom. The molecule has 1 nitrogen and oxygen atoms in total. The summed E-state index contributed by atoms with van der Waals surface area (Å²) in [4.78, 5) is 11.8. The van der Waals surface area contributed by atoms with Gasteiger partial charge in [0.2, 0.25) is 0 Å². The first-order valence-corrected chi connectivity index (χ1v) is 5.09. The minimum absolute atomic E-state index is 0.187. The summed E-state index contributed by atoms with van der Waals surface area (Å²) in [6.45, 7) is 1.60. The van der Waals surface area contributed by atoms with E-state index in [0.717, 1.165) is 14.0 Å². The Bertz CT molecular complexity index is 309. The maximum Gasteiger partial charge on any atom is 0.134 e. The summed E-state index contributed by atoms with van der Waals surface area (Å²) >= 11 is 6.43. The number of Topliss-reactive ketones (excluding diaryl/α,β-unsaturated/α-hetero) is 1. The lowest BCUT2D eigenvalue weighted by molar-refractivity contribution is -0.116. The van der Waals surface area contributed by atoms with Gasteiger partial charge >= 0.3 is 0 Å². The standard InChI is InChI=1S/C9H9IOS/c1-6(11)4-7-5-8(12)2-3-9(7)10/h2-3,5,12H,4H2,1H3. The normalized spacial score (nSPS) is 9.92. The van der Waals surface area contributed by atoms with Gasteiger partial charge in [-0.1, -0.05) is 0 Å². The highest BCUT2D eigenvalue weighted by Crippen LogP contribution is 2.17. The summed E-state index contributed by atoms with van der Waals surface area (Å²) in [5, 5.41) is 0. The van der Waals surface area contributed by atoms with Crippen molar-refractivity contribution in [1.29, 1.82) is 0 Å². The minimum Gasteiger partial charge on any atom is -0.300 e. The quantitative estimate of drug-likeness (QED) is 0.655. The first kappa shape index (κ1) is 10.1. The molecular formula is C9H9IOS. The van der Waals surface area contributed by atoms with E-state index >= 15 is 0 Å². The van der Waals surface area contributed by atoms with E-state index in [1.54, 1.807) is 6.92 Å². The van der Waals surface area contributed by atoms with Gasteiger partial charge in [0, 0.05) is 14.9 Å². The Hall–Kier alpha value is -0.0300. The molecule has 0 spiro atoms. The maximum absolute atomic E-state index is 10.8. The molecule has 0 saturated heterocycles. The first-order valence-electron chi connectivity index (χ1n) is 3.56. The van der Waals surface area contributed by atoms with Crippen molar-refractivity contribution in [3.63, 3.8) is 0 Å². The fraction of sp³-hybridized carbons (Fsp3) is 0.222. The summed E-state index contributed by atoms with van der Waals surface area (Å²) in [6, 6.07) is 5.84. The van der Waals surface area contributed by atoms with Gasteiger partial charge in [-0.3, -0.25) is 4.79 Å². The molecule has 1 rings (SSSR count). The van der Waals surface area contributed by atoms with Gasteiger partial charge in [-0.15, -0.1) is 12.6 Å². The number of halogens is 1. The third kappa shape index (κ3) is 2.79. The van der Waals surface area contributed by atoms with Crippen LogP contribution in [0.5, 0.6) is 0 Å². The Balaban J connectivity index is 2.97. The number of hydrogen-bond donors (Lipinski definition) is 1. The highest BCUT2D eigenvalue weighted by molar-refractivity contribution is 14.1. The van der Waals surface area contributed by atoms with Gasteiger partial charge in [0.05, 0.1) is 0 Å². The molecule has 12 heavy (non-hydrogen) atoms. The second-order valence-electron chi connectivity index (χ2n) is 2.65. The lowest BCUT2D eigenvalue weighted by Crippen LogP contribution is -1.98. The van der Waals surface area contributed by atoms with Crippen molar-refractivity contribution in [2.75, 3.05) is 0 Å². The predicted molar refractivity (Wildman–Crippen MR) is 60.8 cm³/mol. The van der Waals surface area contributed by atoms with Crippen molar-refractivity contribution in [3.8, 4) is 0 Å². The summed E-state index contributed by atoms with van der Waals surface area (Å²) in [7, 11) is 0. The largest absolute Gasteiger partial charge is 0.300 e. The van der Waals surface area contributed by atoms with E-state index in [9.17, 15) is 4.79 Å². The minimum atomic E-state index is 0.187. The van der Waals surface area contributed by atoms with E-state index in [2.05, 4.69) is 35.2 Å². The average molecular weight is 292 g/mol. The van der Waals surface area contributed by atoms with Crippen LogP contribution in [-0.2, 0) is 11.2 Å². The molecule has 0 aromatic heterocycles. The number of benzene rings is 1. The first-order chi connectivity index (χ1) is 5.59. The molecule has 0 aliphatic carbocycles. The highest BCUT2D eigenvalue weighted by Gasteiger charge is 2.02. The second-order valence-corrected chi connectivity index (χ2v) is 4.33. The van der Waals surface area contributed by atoms with Crippen molar-refractivity contribution >= 4 is 41.0 Å². The van der Waals surface area contributed by atoms with Gasteiger partial charge < -0.3 is 0 Å². The van der Waals surface area contributed by atoms with E-state index in [4.69, 9.17) is 0 Å². The Labute approximate surface area is 91.1 Å². The smallest absolute Gasteiger partial charge is 0.134 e. The third-order valence-corrected chi connectivity index (χ3v) is 2.80. The topological polar surface area (TPSA) is 17.1 Å². The lowest BCUT2D eigenvalue weighted by Gasteiger charge is -2.02. The number of carbonyl (C=O) groups is 1. The molecule has 64 valence electrons. The molecule has 0 amide bonds. The van der Waals surface area contributed by atoms with Crippen LogP contribution in [0.1, 0.15) is 12.5 Å². The van der Waals surface area contributed by atoms with Crippen molar-refractivity contribution in [3.05, 3.63) is 27.3 Å². The Morgan fingerprint density at radius 3 is 2.83 bits per heavy atom. The average Bonchev–Trinajstić information content (AvgIpc) is 1.96. The number of rotatable bonds is 2. The van der Waals surface area contributed by atoms with Crippen molar-refractivity contribution in [2.45, 2.75) is 18.2 Å². The number of ketones is 1. The molecule has 0 aliphatic rings. The molecule has 3 heteroatoms. The molecule has 0 atom stereocenters. The lowest BCUT2D eigenvalue weighted by atomic mass is 10.1. The summed E-state index contributed by atoms with van der Waals surface area (Å²) in [5.74, 6) is 0.187. The zero-order chi connectivity index (χ0) is 9.14. The van der Waals surface area contributed by atoms with E-state index in [-0.39, 0.29) is 5.78 Å². The van der Waals surface area contributed by atoms with E-state index < -0.39 is 0 Å². The third-order valence-electron chi connectivity index (χ3n) is 1.47. The van der Waals surface area contributed by atoms with Crippen molar-refractivity contribution < 1.29 is 4.79 Å². The van der Waals surface area contributed by atoms with Gasteiger partial charge in [0.15, 0.2) is 0 Å². The van der Waals surface area contributed by atoms with Crippen molar-refractivity contribution in [1.82, 2.24) is 0 Å². The molecule has 0 heterocycles. The highest BCUT2D eigenvalue weighted by atomic mass is 127. The molecule has 0 aliphatic heterocycles. The van der Waals surface area contributed by atoms with Crippen LogP contribution in [0.15, 0.2) is 23.1 Å². The van der Waals surface area contributed by atoms with Crippen LogP contribution in [0.3, 0.4) is 0 Å². The van der Waals surface area contributed by atoms with Gasteiger partial charge in [-0.05, 0) is 53.3 Å². The molecule has 0 fully saturated rings. The molecule has 0 unspecified atom stereocenters. The Kier molecular flexibility index (Phi) is 3.58. The molecule has 0 N–H and O–H groups in total. The molecule has 1 aromatic carbocycles. The SMILES string of the molecule is CC(=O)Cc1cc(S)ccc1I. The molecule has 0 radical (unpaired) electrons. The van der Waals surface area contributed by atoms with Gasteiger partial charge in [0.1, 0.15) is 5.78 Å². The van der Waals surface area contributed by atoms with Gasteiger partial charge in [-0.2, -0.15) is 0 Å². The second kappa shape index (κ2) is 4.28. The monoisotopic (exact) mass is 292 g/mol. The van der Waals surface area contributed by atoms with Crippen LogP contribution < -0.4 is 0 Å². The van der Waals surface area contributed by atoms with Crippen LogP contribution >= 0.6 is 35.2 Å². The maximum atomic E-state index is 10.8. The van der Waals surface area contributed by atoms with Gasteiger partial charge in [-0.25, -0.2) is 0 Å². The van der Waals surface area contributed by atoms with Crippen LogP contribution in [-0.4, -0.2) is 5.78 Å². The summed E-state index contributed by atoms with van der Waals surface area (Å²) in [5.41, 5.74) is 1.07. The van der Waals surface area contributed by atoms with Crippen molar-refractivity contribution in [2.24, 2.45) is 0 Å². The molecule has 0 bridgehead atoms. The van der Waals surface area contributed by atoms with Gasteiger partial charge in [0.25, 0.3) is 0 Å². The molecule has 1 aromatic rings. The number of carbonyl (C=O) groups excluding carboxylic acids is 1. The fourth-order valence-corrected chi connectivity index (χ4v) is 1.72. The molecular weight excluding hydrogens is 283 g/mol. The van der Waals surface area contributed by atoms with Crippen LogP contribution in [0.25, 0.3) is 0 Å². The van der Waals surface area contributed by atoms with Crippen LogP contribution in [0, 0.1) is 3.57 Å². The molecule has 0 saturated carbocycles. The Morgan fingerprint density at radius 2 is 2.25 bits per heavy atom. The van der Waals surface area contributed by atoms with E-state index in [1.807, 2.05) is 18.2 Å². The number of thiol groups is 1. The zero-order valence-electron chi connectivity index (χ0n) is 6.67. The summed E-state index contributed by atoms with van der Waals surface area (Å²) < 4.78 is 1.13. The van der Waals surface area contributed by atoms with E-state index in [1.165, 1.54) is 0 Å². The predicted octanol–water partition coefficient (Wildman–Crippen LogP) is 2.71. The summed E-state index contributed by atoms with van der Waals surface area (Å²) in [6.07, 6.45) is 0.507. The zero-order valence-corrected chi connectivity index (χ0v) is 9.72. The van der Waals surface area contributed by atoms with E-state index in [0.29, 0.717) is 6.42 Å². The van der Waals surface area contributed by atoms with Crippen LogP contribution in [0.2, 0.25) is 0 Å². The fourth-order valence-electron chi connectivity index (χ4n) is 0.965.